The second-order valence-electron chi connectivity index (χ2n) is 9.42. The van der Waals surface area contributed by atoms with Gasteiger partial charge in [0.2, 0.25) is 0 Å². The molecule has 0 saturated heterocycles. The fourth-order valence-corrected chi connectivity index (χ4v) is 6.03. The van der Waals surface area contributed by atoms with Crippen LogP contribution in [0.2, 0.25) is 0 Å². The predicted molar refractivity (Wildman–Crippen MR) is 108 cm³/mol. The van der Waals surface area contributed by atoms with E-state index in [-0.39, 0.29) is 38.1 Å². The number of hydrogen-bond donors (Lipinski definition) is 1. The third-order valence-electron chi connectivity index (χ3n) is 6.93. The minimum absolute atomic E-state index is 0.00748. The molecule has 0 aromatic heterocycles. The van der Waals surface area contributed by atoms with Crippen molar-refractivity contribution in [1.29, 1.82) is 0 Å². The monoisotopic (exact) mass is 502 g/mol. The average Bonchev–Trinajstić information content (AvgIpc) is 2.70. The number of carbonyl (C=O) groups is 1. The molecule has 0 aromatic rings. The van der Waals surface area contributed by atoms with Gasteiger partial charge in [-0.2, -0.15) is 26.0 Å². The summed E-state index contributed by atoms with van der Waals surface area (Å²) in [5, 5.41) is -5.57. The van der Waals surface area contributed by atoms with Crippen LogP contribution in [-0.4, -0.2) is 56.2 Å². The number of esters is 1. The Morgan fingerprint density at radius 2 is 1.58 bits per heavy atom. The third kappa shape index (κ3) is 6.07. The van der Waals surface area contributed by atoms with Gasteiger partial charge in [0.15, 0.2) is 6.79 Å². The lowest BCUT2D eigenvalue weighted by molar-refractivity contribution is -0.184. The molecule has 33 heavy (non-hydrogen) atoms. The normalized spacial score (nSPS) is 29.3. The number of carbonyl (C=O) groups excluding carboxylic acids is 1. The lowest BCUT2D eigenvalue weighted by Gasteiger charge is -2.53. The van der Waals surface area contributed by atoms with Gasteiger partial charge in [-0.1, -0.05) is 6.58 Å². The second-order valence-corrected chi connectivity index (χ2v) is 10.9. The first-order valence-electron chi connectivity index (χ1n) is 11.1. The number of alkyl halides is 4. The van der Waals surface area contributed by atoms with E-state index in [0.29, 0.717) is 11.8 Å². The first kappa shape index (κ1) is 26.4. The van der Waals surface area contributed by atoms with E-state index < -0.39 is 40.1 Å². The Morgan fingerprint density at radius 3 is 2.12 bits per heavy atom. The average molecular weight is 503 g/mol. The molecule has 12 heteroatoms. The lowest BCUT2D eigenvalue weighted by atomic mass is 9.55. The molecule has 4 aliphatic rings. The van der Waals surface area contributed by atoms with Crippen LogP contribution in [-0.2, 0) is 29.1 Å². The van der Waals surface area contributed by atoms with Crippen LogP contribution < -0.4 is 0 Å². The van der Waals surface area contributed by atoms with E-state index >= 15 is 0 Å². The van der Waals surface area contributed by atoms with Crippen LogP contribution >= 0.6 is 0 Å². The van der Waals surface area contributed by atoms with Gasteiger partial charge in [0.1, 0.15) is 0 Å². The highest BCUT2D eigenvalue weighted by Crippen LogP contribution is 2.54. The van der Waals surface area contributed by atoms with Crippen molar-refractivity contribution in [3.8, 4) is 0 Å². The van der Waals surface area contributed by atoms with Gasteiger partial charge in [-0.25, -0.2) is 4.79 Å². The number of unbranched alkanes of at least 4 members (excludes halogenated alkanes) is 1. The van der Waals surface area contributed by atoms with Crippen molar-refractivity contribution in [3.05, 3.63) is 12.2 Å². The van der Waals surface area contributed by atoms with E-state index in [1.54, 1.807) is 0 Å². The van der Waals surface area contributed by atoms with Crippen molar-refractivity contribution in [1.82, 2.24) is 0 Å². The summed E-state index contributed by atoms with van der Waals surface area (Å²) < 4.78 is 98.2. The Bertz CT molecular complexity index is 802. The zero-order valence-electron chi connectivity index (χ0n) is 18.2. The van der Waals surface area contributed by atoms with Crippen LogP contribution in [0.1, 0.15) is 51.4 Å². The zero-order chi connectivity index (χ0) is 24.4. The molecule has 0 amide bonds. The molecule has 7 nitrogen and oxygen atoms in total. The molecule has 190 valence electrons. The second kappa shape index (κ2) is 10.2. The number of rotatable bonds is 13. The maximum atomic E-state index is 13.4. The fourth-order valence-electron chi connectivity index (χ4n) is 5.56. The summed E-state index contributed by atoms with van der Waals surface area (Å²) in [5.74, 6) is -2.98. The molecule has 4 fully saturated rings. The van der Waals surface area contributed by atoms with Crippen molar-refractivity contribution < 1.29 is 49.5 Å². The summed E-state index contributed by atoms with van der Waals surface area (Å²) in [6.07, 6.45) is 4.07. The van der Waals surface area contributed by atoms with Gasteiger partial charge in [0.05, 0.1) is 18.3 Å². The summed E-state index contributed by atoms with van der Waals surface area (Å²) in [5.41, 5.74) is -0.00748. The van der Waals surface area contributed by atoms with Gasteiger partial charge in [-0.15, -0.1) is 0 Å². The molecule has 0 unspecified atom stereocenters. The van der Waals surface area contributed by atoms with Crippen LogP contribution in [0.25, 0.3) is 0 Å². The Balaban J connectivity index is 1.27. The van der Waals surface area contributed by atoms with Gasteiger partial charge in [-0.3, -0.25) is 4.55 Å². The van der Waals surface area contributed by atoms with E-state index in [1.165, 1.54) is 32.1 Å². The van der Waals surface area contributed by atoms with Crippen LogP contribution in [0.15, 0.2) is 12.2 Å². The lowest BCUT2D eigenvalue weighted by Crippen LogP contribution is -2.49. The summed E-state index contributed by atoms with van der Waals surface area (Å²) in [7, 11) is -6.24. The quantitative estimate of drug-likeness (QED) is 0.101. The molecule has 0 radical (unpaired) electrons. The summed E-state index contributed by atoms with van der Waals surface area (Å²) in [4.78, 5) is 12.0. The topological polar surface area (TPSA) is 99.1 Å². The molecule has 0 aromatic carbocycles. The molecule has 4 rings (SSSR count). The standard InChI is InChI=1S/C21H30F4O7S/c1-13(11-30-5-3-2-4-20(22,23)21(24,25)33(27,28)29)19(26)32-12-31-18-16-7-14-6-15(9-16)10-17(18)8-14/h14-18H,1-12H2,(H,27,28,29). The fraction of sp³-hybridized carbons (Fsp3) is 0.857. The first-order chi connectivity index (χ1) is 15.3. The molecular weight excluding hydrogens is 472 g/mol. The van der Waals surface area contributed by atoms with E-state index in [0.717, 1.165) is 11.8 Å². The summed E-state index contributed by atoms with van der Waals surface area (Å²) in [6.45, 7) is 2.97. The van der Waals surface area contributed by atoms with Crippen molar-refractivity contribution in [3.63, 3.8) is 0 Å². The number of halogens is 4. The van der Waals surface area contributed by atoms with Gasteiger partial charge in [0.25, 0.3) is 0 Å². The van der Waals surface area contributed by atoms with E-state index in [9.17, 15) is 30.8 Å². The molecular formula is C21H30F4O7S. The van der Waals surface area contributed by atoms with Crippen molar-refractivity contribution in [2.45, 2.75) is 68.6 Å². The van der Waals surface area contributed by atoms with Crippen LogP contribution in [0.3, 0.4) is 0 Å². The molecule has 0 heterocycles. The number of hydrogen-bond acceptors (Lipinski definition) is 6. The van der Waals surface area contributed by atoms with Gasteiger partial charge < -0.3 is 14.2 Å². The highest BCUT2D eigenvalue weighted by atomic mass is 32.2. The van der Waals surface area contributed by atoms with Gasteiger partial charge in [-0.05, 0) is 68.6 Å². The van der Waals surface area contributed by atoms with Gasteiger partial charge in [0, 0.05) is 13.0 Å². The largest absolute Gasteiger partial charge is 0.435 e. The Labute approximate surface area is 190 Å². The highest BCUT2D eigenvalue weighted by molar-refractivity contribution is 7.87. The highest BCUT2D eigenvalue weighted by Gasteiger charge is 2.64. The Hall–Kier alpha value is -1.24. The number of ether oxygens (including phenoxy) is 3. The third-order valence-corrected chi connectivity index (χ3v) is 7.88. The molecule has 1 N–H and O–H groups in total. The smallest absolute Gasteiger partial charge is 0.431 e. The summed E-state index contributed by atoms with van der Waals surface area (Å²) in [6, 6.07) is 0. The minimum atomic E-state index is -6.24. The maximum absolute atomic E-state index is 13.4. The Morgan fingerprint density at radius 1 is 1.00 bits per heavy atom. The van der Waals surface area contributed by atoms with E-state index in [4.69, 9.17) is 18.8 Å². The van der Waals surface area contributed by atoms with Crippen LogP contribution in [0.4, 0.5) is 17.6 Å². The first-order valence-corrected chi connectivity index (χ1v) is 12.5. The molecule has 0 aliphatic heterocycles. The van der Waals surface area contributed by atoms with E-state index in [1.807, 2.05) is 0 Å². The zero-order valence-corrected chi connectivity index (χ0v) is 19.0. The van der Waals surface area contributed by atoms with Crippen LogP contribution in [0.5, 0.6) is 0 Å². The molecule has 4 aliphatic carbocycles. The molecule has 4 saturated carbocycles. The van der Waals surface area contributed by atoms with Crippen molar-refractivity contribution >= 4 is 16.1 Å². The van der Waals surface area contributed by atoms with Crippen molar-refractivity contribution in [2.75, 3.05) is 20.0 Å². The summed E-state index contributed by atoms with van der Waals surface area (Å²) >= 11 is 0. The van der Waals surface area contributed by atoms with Gasteiger partial charge >= 0.3 is 27.3 Å². The van der Waals surface area contributed by atoms with Crippen LogP contribution in [0, 0.1) is 23.7 Å². The minimum Gasteiger partial charge on any atom is -0.435 e. The molecule has 0 atom stereocenters. The molecule has 4 bridgehead atoms. The maximum Gasteiger partial charge on any atom is 0.431 e. The predicted octanol–water partition coefficient (Wildman–Crippen LogP) is 4.19. The SMILES string of the molecule is C=C(COCCCCC(F)(F)C(F)(F)S(=O)(=O)O)C(=O)OCOC1C2CC3CC(C2)CC1C3. The molecule has 0 spiro atoms. The van der Waals surface area contributed by atoms with Crippen molar-refractivity contribution in [2.24, 2.45) is 23.7 Å². The Kier molecular flexibility index (Phi) is 8.12. The van der Waals surface area contributed by atoms with E-state index in [2.05, 4.69) is 6.58 Å².